The van der Waals surface area contributed by atoms with E-state index in [1.807, 2.05) is 0 Å². The molecule has 0 saturated heterocycles. The second-order valence-corrected chi connectivity index (χ2v) is 5.84. The van der Waals surface area contributed by atoms with E-state index in [1.54, 1.807) is 0 Å². The first-order chi connectivity index (χ1) is 8.49. The summed E-state index contributed by atoms with van der Waals surface area (Å²) in [6.45, 7) is 14.5. The molecule has 0 aromatic rings. The van der Waals surface area contributed by atoms with Crippen molar-refractivity contribution in [3.05, 3.63) is 0 Å². The number of nitrogens with zero attached hydrogens (tertiary/aromatic N) is 1. The first-order valence-corrected chi connectivity index (χ1v) is 7.59. The summed E-state index contributed by atoms with van der Waals surface area (Å²) in [5.74, 6) is 0. The van der Waals surface area contributed by atoms with Crippen LogP contribution in [0.5, 0.6) is 0 Å². The Hall–Kier alpha value is -0.120. The van der Waals surface area contributed by atoms with Crippen LogP contribution in [-0.2, 0) is 0 Å². The van der Waals surface area contributed by atoms with Gasteiger partial charge in [-0.1, -0.05) is 20.3 Å². The van der Waals surface area contributed by atoms with Crippen molar-refractivity contribution in [3.8, 4) is 0 Å². The Balaban J connectivity index is 3.88. The summed E-state index contributed by atoms with van der Waals surface area (Å²) >= 11 is 0. The fraction of sp³-hybridized carbons (Fsp3) is 1.00. The van der Waals surface area contributed by atoms with Gasteiger partial charge in [-0.2, -0.15) is 0 Å². The molecule has 0 amide bonds. The van der Waals surface area contributed by atoms with Crippen LogP contribution in [0.4, 0.5) is 0 Å². The molecule has 1 atom stereocenters. The molecule has 0 aliphatic carbocycles. The molecule has 2 N–H and O–H groups in total. The van der Waals surface area contributed by atoms with Crippen molar-refractivity contribution in [2.75, 3.05) is 26.2 Å². The summed E-state index contributed by atoms with van der Waals surface area (Å²) in [4.78, 5) is 2.55. The highest BCUT2D eigenvalue weighted by Crippen LogP contribution is 2.14. The van der Waals surface area contributed by atoms with E-state index >= 15 is 0 Å². The van der Waals surface area contributed by atoms with Gasteiger partial charge in [-0.3, -0.25) is 0 Å². The maximum Gasteiger partial charge on any atom is 0.0610 e. The number of unbranched alkanes of at least 4 members (excludes halogenated alkanes) is 1. The summed E-state index contributed by atoms with van der Waals surface area (Å²) in [6, 6.07) is 0.642. The van der Waals surface area contributed by atoms with Crippen molar-refractivity contribution in [1.82, 2.24) is 10.2 Å². The molecule has 1 unspecified atom stereocenters. The number of aliphatic hydroxyl groups excluding tert-OH is 1. The van der Waals surface area contributed by atoms with Gasteiger partial charge in [0, 0.05) is 11.6 Å². The molecule has 0 heterocycles. The van der Waals surface area contributed by atoms with Gasteiger partial charge in [-0.25, -0.2) is 0 Å². The van der Waals surface area contributed by atoms with Crippen LogP contribution in [0.2, 0.25) is 0 Å². The quantitative estimate of drug-likeness (QED) is 0.559. The number of hydrogen-bond acceptors (Lipinski definition) is 3. The maximum absolute atomic E-state index is 9.42. The molecule has 0 fully saturated rings. The summed E-state index contributed by atoms with van der Waals surface area (Å²) in [6.07, 6.45) is 4.68. The summed E-state index contributed by atoms with van der Waals surface area (Å²) in [5, 5.41) is 12.8. The zero-order valence-electron chi connectivity index (χ0n) is 13.1. The van der Waals surface area contributed by atoms with Gasteiger partial charge in [0.1, 0.15) is 0 Å². The van der Waals surface area contributed by atoms with Crippen LogP contribution in [0.15, 0.2) is 0 Å². The molecule has 0 bridgehead atoms. The van der Waals surface area contributed by atoms with Crippen LogP contribution in [0.25, 0.3) is 0 Å². The van der Waals surface area contributed by atoms with Crippen molar-refractivity contribution in [3.63, 3.8) is 0 Å². The number of rotatable bonds is 11. The van der Waals surface area contributed by atoms with Crippen LogP contribution < -0.4 is 5.32 Å². The molecule has 0 spiro atoms. The number of aliphatic hydroxyl groups is 1. The molecule has 18 heavy (non-hydrogen) atoms. The lowest BCUT2D eigenvalue weighted by molar-refractivity contribution is 0.160. The summed E-state index contributed by atoms with van der Waals surface area (Å²) < 4.78 is 0. The third kappa shape index (κ3) is 7.34. The van der Waals surface area contributed by atoms with Gasteiger partial charge in [0.05, 0.1) is 6.61 Å². The molecule has 0 rings (SSSR count). The lowest BCUT2D eigenvalue weighted by Gasteiger charge is -2.30. The van der Waals surface area contributed by atoms with Crippen molar-refractivity contribution >= 4 is 0 Å². The number of likely N-dealkylation sites (N-methyl/N-ethyl adjacent to an activating group) is 1. The van der Waals surface area contributed by atoms with E-state index in [-0.39, 0.29) is 12.1 Å². The van der Waals surface area contributed by atoms with Gasteiger partial charge < -0.3 is 15.3 Å². The van der Waals surface area contributed by atoms with Crippen molar-refractivity contribution < 1.29 is 5.11 Å². The lowest BCUT2D eigenvalue weighted by Crippen LogP contribution is -2.45. The zero-order chi connectivity index (χ0) is 14.0. The number of nitrogens with one attached hydrogen (secondary N) is 1. The van der Waals surface area contributed by atoms with E-state index in [9.17, 15) is 5.11 Å². The normalized spacial score (nSPS) is 15.3. The predicted molar refractivity (Wildman–Crippen MR) is 80.0 cm³/mol. The fourth-order valence-corrected chi connectivity index (χ4v) is 2.40. The van der Waals surface area contributed by atoms with Crippen LogP contribution >= 0.6 is 0 Å². The third-order valence-electron chi connectivity index (χ3n) is 3.62. The Morgan fingerprint density at radius 2 is 1.83 bits per heavy atom. The van der Waals surface area contributed by atoms with Crippen LogP contribution in [-0.4, -0.2) is 47.8 Å². The highest BCUT2D eigenvalue weighted by Gasteiger charge is 2.21. The van der Waals surface area contributed by atoms with Crippen molar-refractivity contribution in [2.24, 2.45) is 0 Å². The highest BCUT2D eigenvalue weighted by molar-refractivity contribution is 4.81. The molecule has 0 aliphatic heterocycles. The van der Waals surface area contributed by atoms with E-state index < -0.39 is 0 Å². The Morgan fingerprint density at radius 1 is 1.17 bits per heavy atom. The molecule has 110 valence electrons. The third-order valence-corrected chi connectivity index (χ3v) is 3.62. The highest BCUT2D eigenvalue weighted by atomic mass is 16.3. The van der Waals surface area contributed by atoms with Gasteiger partial charge in [0.15, 0.2) is 0 Å². The minimum absolute atomic E-state index is 0.0951. The van der Waals surface area contributed by atoms with Gasteiger partial charge in [0.2, 0.25) is 0 Å². The SMILES string of the molecule is CCCN(CCCCC(C)(CO)NCC)C(C)C. The van der Waals surface area contributed by atoms with Crippen LogP contribution in [0, 0.1) is 0 Å². The fourth-order valence-electron chi connectivity index (χ4n) is 2.40. The van der Waals surface area contributed by atoms with Crippen molar-refractivity contribution in [2.45, 2.75) is 71.9 Å². The molecular formula is C15H34N2O. The first-order valence-electron chi connectivity index (χ1n) is 7.59. The van der Waals surface area contributed by atoms with E-state index in [4.69, 9.17) is 0 Å². The Kier molecular flexibility index (Phi) is 9.70. The first kappa shape index (κ1) is 17.9. The Morgan fingerprint density at radius 3 is 2.28 bits per heavy atom. The average Bonchev–Trinajstić information content (AvgIpc) is 2.33. The van der Waals surface area contributed by atoms with Crippen LogP contribution in [0.3, 0.4) is 0 Å². The minimum atomic E-state index is -0.0951. The summed E-state index contributed by atoms with van der Waals surface area (Å²) in [5.41, 5.74) is -0.0951. The molecule has 0 aliphatic rings. The zero-order valence-corrected chi connectivity index (χ0v) is 13.1. The topological polar surface area (TPSA) is 35.5 Å². The minimum Gasteiger partial charge on any atom is -0.394 e. The molecule has 0 saturated carbocycles. The van der Waals surface area contributed by atoms with E-state index in [0.717, 1.165) is 13.0 Å². The smallest absolute Gasteiger partial charge is 0.0610 e. The molecular weight excluding hydrogens is 224 g/mol. The van der Waals surface area contributed by atoms with Gasteiger partial charge in [-0.15, -0.1) is 0 Å². The van der Waals surface area contributed by atoms with Crippen LogP contribution in [0.1, 0.15) is 60.3 Å². The van der Waals surface area contributed by atoms with Gasteiger partial charge in [0.25, 0.3) is 0 Å². The molecule has 3 heteroatoms. The average molecular weight is 258 g/mol. The second kappa shape index (κ2) is 9.76. The lowest BCUT2D eigenvalue weighted by atomic mass is 9.95. The largest absolute Gasteiger partial charge is 0.394 e. The molecule has 0 aromatic heterocycles. The second-order valence-electron chi connectivity index (χ2n) is 5.84. The van der Waals surface area contributed by atoms with Crippen molar-refractivity contribution in [1.29, 1.82) is 0 Å². The molecule has 3 nitrogen and oxygen atoms in total. The van der Waals surface area contributed by atoms with E-state index in [2.05, 4.69) is 44.8 Å². The monoisotopic (exact) mass is 258 g/mol. The van der Waals surface area contributed by atoms with E-state index in [0.29, 0.717) is 6.04 Å². The molecule has 0 radical (unpaired) electrons. The Bertz CT molecular complexity index is 197. The standard InChI is InChI=1S/C15H34N2O/c1-6-11-17(14(3)4)12-9-8-10-15(5,13-18)16-7-2/h14,16,18H,6-13H2,1-5H3. The van der Waals surface area contributed by atoms with Gasteiger partial charge >= 0.3 is 0 Å². The van der Waals surface area contributed by atoms with E-state index in [1.165, 1.54) is 32.4 Å². The van der Waals surface area contributed by atoms with Gasteiger partial charge in [-0.05, 0) is 59.7 Å². The summed E-state index contributed by atoms with van der Waals surface area (Å²) in [7, 11) is 0. The Labute approximate surface area is 114 Å². The maximum atomic E-state index is 9.42. The predicted octanol–water partition coefficient (Wildman–Crippen LogP) is 2.64. The molecule has 0 aromatic carbocycles. The number of hydrogen-bond donors (Lipinski definition) is 2.